The van der Waals surface area contributed by atoms with Gasteiger partial charge in [-0.25, -0.2) is 18.4 Å². The van der Waals surface area contributed by atoms with E-state index in [4.69, 9.17) is 10.8 Å². The Morgan fingerprint density at radius 2 is 1.90 bits per heavy atom. The van der Waals surface area contributed by atoms with Crippen LogP contribution in [0.15, 0.2) is 18.2 Å². The van der Waals surface area contributed by atoms with Crippen molar-refractivity contribution in [1.82, 2.24) is 5.32 Å². The van der Waals surface area contributed by atoms with Crippen LogP contribution in [0.5, 0.6) is 0 Å². The van der Waals surface area contributed by atoms with Crippen molar-refractivity contribution < 1.29 is 28.3 Å². The predicted molar refractivity (Wildman–Crippen MR) is 68.4 cm³/mol. The largest absolute Gasteiger partial charge is 0.480 e. The van der Waals surface area contributed by atoms with Crippen LogP contribution in [0.3, 0.4) is 0 Å². The molecule has 0 saturated heterocycles. The number of amides is 3. The normalized spacial score (nSPS) is 11.5. The molecule has 21 heavy (non-hydrogen) atoms. The smallest absolute Gasteiger partial charge is 0.326 e. The summed E-state index contributed by atoms with van der Waals surface area (Å²) in [5, 5.41) is 13.1. The molecule has 3 amide bonds. The van der Waals surface area contributed by atoms with Crippen molar-refractivity contribution in [3.63, 3.8) is 0 Å². The fourth-order valence-electron chi connectivity index (χ4n) is 1.44. The number of carboxylic acids is 1. The van der Waals surface area contributed by atoms with Gasteiger partial charge in [0.25, 0.3) is 0 Å². The Labute approximate surface area is 118 Å². The quantitative estimate of drug-likeness (QED) is 0.621. The summed E-state index contributed by atoms with van der Waals surface area (Å²) in [5.41, 5.74) is 4.84. The van der Waals surface area contributed by atoms with E-state index >= 15 is 0 Å². The molecule has 0 aromatic heterocycles. The Hall–Kier alpha value is -2.71. The average Bonchev–Trinajstić information content (AvgIpc) is 2.38. The van der Waals surface area contributed by atoms with Crippen LogP contribution in [0.2, 0.25) is 0 Å². The van der Waals surface area contributed by atoms with Crippen LogP contribution in [0, 0.1) is 11.6 Å². The molecule has 0 aliphatic carbocycles. The van der Waals surface area contributed by atoms with Crippen LogP contribution in [0.25, 0.3) is 0 Å². The number of primary amides is 1. The summed E-state index contributed by atoms with van der Waals surface area (Å²) in [6.07, 6.45) is -0.404. The molecule has 0 fully saturated rings. The first-order valence-electron chi connectivity index (χ1n) is 5.83. The van der Waals surface area contributed by atoms with E-state index in [1.807, 2.05) is 0 Å². The van der Waals surface area contributed by atoms with Crippen molar-refractivity contribution in [2.24, 2.45) is 5.73 Å². The molecule has 0 spiro atoms. The molecule has 5 N–H and O–H groups in total. The maximum atomic E-state index is 12.9. The van der Waals surface area contributed by atoms with Crippen molar-refractivity contribution in [2.45, 2.75) is 18.9 Å². The number of nitrogens with one attached hydrogen (secondary N) is 2. The summed E-state index contributed by atoms with van der Waals surface area (Å²) < 4.78 is 25.6. The van der Waals surface area contributed by atoms with E-state index in [0.717, 1.165) is 18.2 Å². The molecule has 0 heterocycles. The highest BCUT2D eigenvalue weighted by Gasteiger charge is 2.20. The molecular weight excluding hydrogens is 288 g/mol. The molecule has 1 aromatic carbocycles. The Kier molecular flexibility index (Phi) is 5.58. The summed E-state index contributed by atoms with van der Waals surface area (Å²) in [7, 11) is 0. The first kappa shape index (κ1) is 16.3. The summed E-state index contributed by atoms with van der Waals surface area (Å²) in [6.45, 7) is 0. The molecule has 114 valence electrons. The number of hydrogen-bond donors (Lipinski definition) is 4. The highest BCUT2D eigenvalue weighted by atomic mass is 19.2. The summed E-state index contributed by atoms with van der Waals surface area (Å²) in [6, 6.07) is 0.401. The molecule has 0 aliphatic rings. The molecule has 1 aromatic rings. The third-order valence-electron chi connectivity index (χ3n) is 2.46. The second-order valence-electron chi connectivity index (χ2n) is 4.12. The maximum Gasteiger partial charge on any atom is 0.326 e. The van der Waals surface area contributed by atoms with Crippen molar-refractivity contribution >= 4 is 23.6 Å². The number of carboxylic acid groups (broad SMARTS) is 1. The summed E-state index contributed by atoms with van der Waals surface area (Å²) >= 11 is 0. The van der Waals surface area contributed by atoms with E-state index in [0.29, 0.717) is 0 Å². The number of urea groups is 1. The highest BCUT2D eigenvalue weighted by molar-refractivity contribution is 5.92. The molecule has 0 unspecified atom stereocenters. The fourth-order valence-corrected chi connectivity index (χ4v) is 1.44. The van der Waals surface area contributed by atoms with Crippen LogP contribution in [-0.4, -0.2) is 29.1 Å². The number of anilines is 1. The van der Waals surface area contributed by atoms with E-state index in [-0.39, 0.29) is 18.5 Å². The molecule has 0 aliphatic heterocycles. The van der Waals surface area contributed by atoms with E-state index in [9.17, 15) is 23.2 Å². The highest BCUT2D eigenvalue weighted by Crippen LogP contribution is 2.13. The third-order valence-corrected chi connectivity index (χ3v) is 2.46. The van der Waals surface area contributed by atoms with Crippen molar-refractivity contribution in [3.8, 4) is 0 Å². The summed E-state index contributed by atoms with van der Waals surface area (Å²) in [5.74, 6) is -4.29. The van der Waals surface area contributed by atoms with Gasteiger partial charge in [0.1, 0.15) is 6.04 Å². The van der Waals surface area contributed by atoms with Gasteiger partial charge in [0, 0.05) is 18.2 Å². The van der Waals surface area contributed by atoms with Gasteiger partial charge in [0.2, 0.25) is 5.91 Å². The van der Waals surface area contributed by atoms with E-state index in [2.05, 4.69) is 10.6 Å². The number of carbonyl (C=O) groups excluding carboxylic acids is 2. The van der Waals surface area contributed by atoms with Crippen molar-refractivity contribution in [2.75, 3.05) is 5.32 Å². The topological polar surface area (TPSA) is 122 Å². The number of aliphatic carboxylic acids is 1. The molecule has 1 rings (SSSR count). The van der Waals surface area contributed by atoms with Gasteiger partial charge in [-0.2, -0.15) is 0 Å². The van der Waals surface area contributed by atoms with E-state index in [1.165, 1.54) is 0 Å². The van der Waals surface area contributed by atoms with Gasteiger partial charge >= 0.3 is 12.0 Å². The standard InChI is InChI=1S/C12H13F2N3O4/c13-7-2-1-6(5-8(7)14)16-12(21)17-9(11(19)20)3-4-10(15)18/h1-2,5,9H,3-4H2,(H2,15,18)(H,19,20)(H2,16,17,21)/t9-/m0/s1. The Morgan fingerprint density at radius 3 is 2.43 bits per heavy atom. The predicted octanol–water partition coefficient (Wildman–Crippen LogP) is 0.805. The van der Waals surface area contributed by atoms with Crippen LogP contribution < -0.4 is 16.4 Å². The van der Waals surface area contributed by atoms with Gasteiger partial charge in [0.05, 0.1) is 0 Å². The van der Waals surface area contributed by atoms with Crippen molar-refractivity contribution in [3.05, 3.63) is 29.8 Å². The molecule has 0 saturated carbocycles. The number of nitrogens with two attached hydrogens (primary N) is 1. The zero-order chi connectivity index (χ0) is 16.0. The Morgan fingerprint density at radius 1 is 1.24 bits per heavy atom. The molecule has 0 radical (unpaired) electrons. The molecule has 7 nitrogen and oxygen atoms in total. The zero-order valence-corrected chi connectivity index (χ0v) is 10.7. The van der Waals surface area contributed by atoms with E-state index < -0.39 is 35.6 Å². The zero-order valence-electron chi connectivity index (χ0n) is 10.7. The van der Waals surface area contributed by atoms with E-state index in [1.54, 1.807) is 0 Å². The lowest BCUT2D eigenvalue weighted by Crippen LogP contribution is -2.43. The number of hydrogen-bond acceptors (Lipinski definition) is 3. The van der Waals surface area contributed by atoms with Gasteiger partial charge in [0.15, 0.2) is 11.6 Å². The van der Waals surface area contributed by atoms with Gasteiger partial charge in [-0.1, -0.05) is 0 Å². The number of rotatable bonds is 6. The Balaban J connectivity index is 2.62. The summed E-state index contributed by atoms with van der Waals surface area (Å²) in [4.78, 5) is 33.0. The van der Waals surface area contributed by atoms with Crippen LogP contribution in [-0.2, 0) is 9.59 Å². The lowest BCUT2D eigenvalue weighted by atomic mass is 10.1. The van der Waals surface area contributed by atoms with Gasteiger partial charge < -0.3 is 21.5 Å². The lowest BCUT2D eigenvalue weighted by molar-refractivity contribution is -0.139. The second kappa shape index (κ2) is 7.17. The van der Waals surface area contributed by atoms with Crippen LogP contribution in [0.4, 0.5) is 19.3 Å². The minimum atomic E-state index is -1.35. The molecule has 9 heteroatoms. The average molecular weight is 301 g/mol. The monoisotopic (exact) mass is 301 g/mol. The Bertz CT molecular complexity index is 565. The minimum absolute atomic E-state index is 0.0505. The van der Waals surface area contributed by atoms with Gasteiger partial charge in [-0.3, -0.25) is 4.79 Å². The van der Waals surface area contributed by atoms with Crippen molar-refractivity contribution in [1.29, 1.82) is 0 Å². The maximum absolute atomic E-state index is 12.9. The minimum Gasteiger partial charge on any atom is -0.480 e. The van der Waals surface area contributed by atoms with Gasteiger partial charge in [-0.15, -0.1) is 0 Å². The molecule has 1 atom stereocenters. The van der Waals surface area contributed by atoms with Crippen LogP contribution >= 0.6 is 0 Å². The lowest BCUT2D eigenvalue weighted by Gasteiger charge is -2.14. The first-order chi connectivity index (χ1) is 9.79. The number of benzene rings is 1. The number of carbonyl (C=O) groups is 3. The number of halogens is 2. The molecular formula is C12H13F2N3O4. The SMILES string of the molecule is NC(=O)CC[C@H](NC(=O)Nc1ccc(F)c(F)c1)C(=O)O. The second-order valence-corrected chi connectivity index (χ2v) is 4.12. The van der Waals surface area contributed by atoms with Gasteiger partial charge in [-0.05, 0) is 18.6 Å². The fraction of sp³-hybridized carbons (Fsp3) is 0.250. The van der Waals surface area contributed by atoms with Crippen LogP contribution in [0.1, 0.15) is 12.8 Å². The molecule has 0 bridgehead atoms. The third kappa shape index (κ3) is 5.43. The first-order valence-corrected chi connectivity index (χ1v) is 5.83.